The Morgan fingerprint density at radius 1 is 1.29 bits per heavy atom. The van der Waals surface area contributed by atoms with Crippen molar-refractivity contribution in [3.63, 3.8) is 0 Å². The van der Waals surface area contributed by atoms with Crippen molar-refractivity contribution in [1.29, 1.82) is 0 Å². The molecule has 0 bridgehead atoms. The Labute approximate surface area is 144 Å². The van der Waals surface area contributed by atoms with Crippen LogP contribution >= 0.6 is 11.6 Å². The van der Waals surface area contributed by atoms with E-state index in [-0.39, 0.29) is 5.91 Å². The van der Waals surface area contributed by atoms with Crippen molar-refractivity contribution in [2.24, 2.45) is 0 Å². The maximum Gasteiger partial charge on any atom is 0.252 e. The molecule has 0 atom stereocenters. The SMILES string of the molecule is O=C(NCCCN1CCOCC1)c1cnc(-n2cnnc2)c(Cl)c1. The number of ether oxygens (including phenoxy) is 1. The molecule has 0 radical (unpaired) electrons. The molecule has 1 aliphatic rings. The van der Waals surface area contributed by atoms with Crippen LogP contribution in [0, 0.1) is 0 Å². The fraction of sp³-hybridized carbons (Fsp3) is 0.467. The van der Waals surface area contributed by atoms with Gasteiger partial charge in [-0.05, 0) is 19.0 Å². The molecule has 2 aromatic rings. The van der Waals surface area contributed by atoms with E-state index in [1.54, 1.807) is 10.6 Å². The fourth-order valence-electron chi connectivity index (χ4n) is 2.49. The van der Waals surface area contributed by atoms with Crippen LogP contribution in [0.3, 0.4) is 0 Å². The lowest BCUT2D eigenvalue weighted by atomic mass is 10.2. The fourth-order valence-corrected chi connectivity index (χ4v) is 2.75. The average molecular weight is 351 g/mol. The first-order chi connectivity index (χ1) is 11.7. The van der Waals surface area contributed by atoms with E-state index in [1.165, 1.54) is 18.9 Å². The van der Waals surface area contributed by atoms with Crippen molar-refractivity contribution in [3.05, 3.63) is 35.5 Å². The molecule has 3 rings (SSSR count). The standard InChI is InChI=1S/C15H19ClN6O2/c16-13-8-12(9-18-14(13)22-10-19-20-11-22)15(23)17-2-1-3-21-4-6-24-7-5-21/h8-11H,1-7H2,(H,17,23). The highest BCUT2D eigenvalue weighted by Crippen LogP contribution is 2.18. The number of rotatable bonds is 6. The summed E-state index contributed by atoms with van der Waals surface area (Å²) < 4.78 is 6.90. The van der Waals surface area contributed by atoms with E-state index in [9.17, 15) is 4.79 Å². The Balaban J connectivity index is 1.49. The number of nitrogens with one attached hydrogen (secondary N) is 1. The zero-order valence-electron chi connectivity index (χ0n) is 13.2. The second-order valence-corrected chi connectivity index (χ2v) is 5.87. The van der Waals surface area contributed by atoms with Crippen LogP contribution < -0.4 is 5.32 Å². The quantitative estimate of drug-likeness (QED) is 0.774. The molecule has 0 saturated carbocycles. The molecule has 24 heavy (non-hydrogen) atoms. The number of hydrogen-bond acceptors (Lipinski definition) is 6. The van der Waals surface area contributed by atoms with Crippen LogP contribution in [0.25, 0.3) is 5.82 Å². The molecule has 1 aliphatic heterocycles. The maximum absolute atomic E-state index is 12.2. The Morgan fingerprint density at radius 2 is 2.04 bits per heavy atom. The molecule has 2 aromatic heterocycles. The Hall–Kier alpha value is -2.03. The molecule has 0 spiro atoms. The van der Waals surface area contributed by atoms with Crippen LogP contribution in [-0.4, -0.2) is 69.9 Å². The van der Waals surface area contributed by atoms with Crippen LogP contribution in [0.1, 0.15) is 16.8 Å². The number of carbonyl (C=O) groups is 1. The first-order valence-corrected chi connectivity index (χ1v) is 8.20. The summed E-state index contributed by atoms with van der Waals surface area (Å²) in [6.45, 7) is 5.05. The van der Waals surface area contributed by atoms with E-state index >= 15 is 0 Å². The van der Waals surface area contributed by atoms with Crippen molar-refractivity contribution in [2.75, 3.05) is 39.4 Å². The van der Waals surface area contributed by atoms with Gasteiger partial charge in [0.05, 0.1) is 23.8 Å². The highest BCUT2D eigenvalue weighted by Gasteiger charge is 2.12. The molecular weight excluding hydrogens is 332 g/mol. The lowest BCUT2D eigenvalue weighted by Crippen LogP contribution is -2.38. The lowest BCUT2D eigenvalue weighted by molar-refractivity contribution is 0.0374. The first kappa shape index (κ1) is 16.8. The van der Waals surface area contributed by atoms with Gasteiger partial charge in [0, 0.05) is 25.8 Å². The number of pyridine rings is 1. The number of amides is 1. The van der Waals surface area contributed by atoms with Gasteiger partial charge in [0.2, 0.25) is 0 Å². The number of nitrogens with zero attached hydrogens (tertiary/aromatic N) is 5. The summed E-state index contributed by atoms with van der Waals surface area (Å²) in [5.41, 5.74) is 0.434. The molecule has 3 heterocycles. The number of halogens is 1. The molecule has 1 saturated heterocycles. The zero-order valence-corrected chi connectivity index (χ0v) is 13.9. The van der Waals surface area contributed by atoms with Gasteiger partial charge in [-0.2, -0.15) is 0 Å². The average Bonchev–Trinajstić information content (AvgIpc) is 3.13. The van der Waals surface area contributed by atoms with Crippen molar-refractivity contribution < 1.29 is 9.53 Å². The minimum atomic E-state index is -0.179. The lowest BCUT2D eigenvalue weighted by Gasteiger charge is -2.26. The molecule has 1 N–H and O–H groups in total. The van der Waals surface area contributed by atoms with E-state index in [2.05, 4.69) is 25.4 Å². The summed E-state index contributed by atoms with van der Waals surface area (Å²) in [6.07, 6.45) is 5.39. The maximum atomic E-state index is 12.2. The van der Waals surface area contributed by atoms with Gasteiger partial charge in [-0.1, -0.05) is 11.6 Å². The van der Waals surface area contributed by atoms with Gasteiger partial charge in [-0.25, -0.2) is 4.98 Å². The minimum absolute atomic E-state index is 0.179. The third-order valence-electron chi connectivity index (χ3n) is 3.79. The van der Waals surface area contributed by atoms with Gasteiger partial charge < -0.3 is 10.1 Å². The summed E-state index contributed by atoms with van der Waals surface area (Å²) in [5.74, 6) is 0.312. The number of carbonyl (C=O) groups excluding carboxylic acids is 1. The second kappa shape index (κ2) is 8.18. The van der Waals surface area contributed by atoms with E-state index < -0.39 is 0 Å². The molecule has 1 fully saturated rings. The van der Waals surface area contributed by atoms with Crippen molar-refractivity contribution in [1.82, 2.24) is 30.0 Å². The normalized spacial score (nSPS) is 15.4. The predicted molar refractivity (Wildman–Crippen MR) is 88.4 cm³/mol. The topological polar surface area (TPSA) is 85.2 Å². The Morgan fingerprint density at radius 3 is 2.75 bits per heavy atom. The van der Waals surface area contributed by atoms with E-state index in [4.69, 9.17) is 16.3 Å². The van der Waals surface area contributed by atoms with Crippen LogP contribution in [0.5, 0.6) is 0 Å². The third kappa shape index (κ3) is 4.28. The van der Waals surface area contributed by atoms with Gasteiger partial charge in [0.1, 0.15) is 12.7 Å². The summed E-state index contributed by atoms with van der Waals surface area (Å²) >= 11 is 6.19. The summed E-state index contributed by atoms with van der Waals surface area (Å²) in [5, 5.41) is 10.7. The van der Waals surface area contributed by atoms with Crippen LogP contribution in [0.4, 0.5) is 0 Å². The van der Waals surface area contributed by atoms with Gasteiger partial charge in [-0.15, -0.1) is 10.2 Å². The largest absolute Gasteiger partial charge is 0.379 e. The summed E-state index contributed by atoms with van der Waals surface area (Å²) in [4.78, 5) is 18.7. The first-order valence-electron chi connectivity index (χ1n) is 7.83. The Kier molecular flexibility index (Phi) is 5.73. The highest BCUT2D eigenvalue weighted by molar-refractivity contribution is 6.32. The van der Waals surface area contributed by atoms with E-state index in [0.29, 0.717) is 22.9 Å². The molecule has 9 heteroatoms. The molecule has 8 nitrogen and oxygen atoms in total. The molecular formula is C15H19ClN6O2. The van der Waals surface area contributed by atoms with Gasteiger partial charge in [0.25, 0.3) is 5.91 Å². The minimum Gasteiger partial charge on any atom is -0.379 e. The zero-order chi connectivity index (χ0) is 16.8. The van der Waals surface area contributed by atoms with Gasteiger partial charge in [0.15, 0.2) is 5.82 Å². The number of morpholine rings is 1. The molecule has 0 aromatic carbocycles. The highest BCUT2D eigenvalue weighted by atomic mass is 35.5. The molecule has 1 amide bonds. The molecule has 0 unspecified atom stereocenters. The predicted octanol–water partition coefficient (Wildman–Crippen LogP) is 0.768. The monoisotopic (exact) mass is 350 g/mol. The third-order valence-corrected chi connectivity index (χ3v) is 4.07. The number of aromatic nitrogens is 4. The number of hydrogen-bond donors (Lipinski definition) is 1. The van der Waals surface area contributed by atoms with Gasteiger partial charge >= 0.3 is 0 Å². The van der Waals surface area contributed by atoms with Crippen LogP contribution in [0.15, 0.2) is 24.9 Å². The second-order valence-electron chi connectivity index (χ2n) is 5.46. The van der Waals surface area contributed by atoms with Crippen molar-refractivity contribution in [3.8, 4) is 5.82 Å². The summed E-state index contributed by atoms with van der Waals surface area (Å²) in [7, 11) is 0. The van der Waals surface area contributed by atoms with E-state index in [0.717, 1.165) is 39.3 Å². The van der Waals surface area contributed by atoms with Crippen LogP contribution in [-0.2, 0) is 4.74 Å². The molecule has 128 valence electrons. The Bertz CT molecular complexity index is 673. The van der Waals surface area contributed by atoms with Crippen LogP contribution in [0.2, 0.25) is 5.02 Å². The molecule has 0 aliphatic carbocycles. The summed E-state index contributed by atoms with van der Waals surface area (Å²) in [6, 6.07) is 1.60. The van der Waals surface area contributed by atoms with Crippen molar-refractivity contribution >= 4 is 17.5 Å². The van der Waals surface area contributed by atoms with E-state index in [1.807, 2.05) is 0 Å². The smallest absolute Gasteiger partial charge is 0.252 e. The van der Waals surface area contributed by atoms with Crippen molar-refractivity contribution in [2.45, 2.75) is 6.42 Å². The van der Waals surface area contributed by atoms with Gasteiger partial charge in [-0.3, -0.25) is 14.3 Å².